The van der Waals surface area contributed by atoms with Gasteiger partial charge < -0.3 is 5.11 Å². The van der Waals surface area contributed by atoms with E-state index in [2.05, 4.69) is 19.9 Å². The Morgan fingerprint density at radius 2 is 1.48 bits per heavy atom. The topological polar surface area (TPSA) is 37.3 Å². The lowest BCUT2D eigenvalue weighted by Gasteiger charge is -2.14. The summed E-state index contributed by atoms with van der Waals surface area (Å²) in [6, 6.07) is 9.96. The minimum absolute atomic E-state index is 0.427. The first-order valence-electron chi connectivity index (χ1n) is 8.95. The summed E-state index contributed by atoms with van der Waals surface area (Å²) in [4.78, 5) is 11.6. The highest BCUT2D eigenvalue weighted by Crippen LogP contribution is 2.29. The third-order valence-electron chi connectivity index (χ3n) is 4.54. The van der Waals surface area contributed by atoms with Gasteiger partial charge in [0.15, 0.2) is 0 Å². The Morgan fingerprint density at radius 3 is 2.04 bits per heavy atom. The van der Waals surface area contributed by atoms with E-state index in [0.717, 1.165) is 18.2 Å². The fourth-order valence-corrected chi connectivity index (χ4v) is 3.29. The molecule has 2 heteroatoms. The predicted molar refractivity (Wildman–Crippen MR) is 97.4 cm³/mol. The Labute approximate surface area is 139 Å². The van der Waals surface area contributed by atoms with Crippen LogP contribution in [0.3, 0.4) is 0 Å². The summed E-state index contributed by atoms with van der Waals surface area (Å²) in [7, 11) is 0. The monoisotopic (exact) mass is 312 g/mol. The van der Waals surface area contributed by atoms with Crippen LogP contribution in [0, 0.1) is 0 Å². The van der Waals surface area contributed by atoms with E-state index in [4.69, 9.17) is 0 Å². The van der Waals surface area contributed by atoms with Gasteiger partial charge in [0, 0.05) is 0 Å². The zero-order chi connectivity index (χ0) is 16.7. The second-order valence-electron chi connectivity index (χ2n) is 6.33. The molecule has 2 nitrogen and oxygen atoms in total. The number of rotatable bonds is 9. The third-order valence-corrected chi connectivity index (χ3v) is 4.54. The molecular weight excluding hydrogens is 284 g/mol. The average Bonchev–Trinajstić information content (AvgIpc) is 2.55. The Balaban J connectivity index is 2.47. The van der Waals surface area contributed by atoms with E-state index in [1.54, 1.807) is 6.07 Å². The Morgan fingerprint density at radius 1 is 0.870 bits per heavy atom. The second kappa shape index (κ2) is 8.71. The molecule has 0 saturated heterocycles. The number of fused-ring (bicyclic) bond motifs is 1. The molecular formula is C21H28O2. The number of hydrogen-bond acceptors (Lipinski definition) is 1. The highest BCUT2D eigenvalue weighted by molar-refractivity contribution is 6.05. The van der Waals surface area contributed by atoms with E-state index in [1.165, 1.54) is 55.0 Å². The normalized spacial score (nSPS) is 11.0. The van der Waals surface area contributed by atoms with Crippen LogP contribution in [0.15, 0.2) is 30.3 Å². The summed E-state index contributed by atoms with van der Waals surface area (Å²) in [6.07, 6.45) is 9.26. The minimum Gasteiger partial charge on any atom is -0.478 e. The molecule has 0 unspecified atom stereocenters. The van der Waals surface area contributed by atoms with Gasteiger partial charge in [0.05, 0.1) is 5.56 Å². The van der Waals surface area contributed by atoms with Crippen LogP contribution in [0.1, 0.15) is 73.9 Å². The van der Waals surface area contributed by atoms with Crippen LogP contribution in [0.4, 0.5) is 0 Å². The molecule has 0 amide bonds. The number of benzene rings is 2. The van der Waals surface area contributed by atoms with E-state index in [1.807, 2.05) is 18.2 Å². The van der Waals surface area contributed by atoms with Crippen LogP contribution in [-0.4, -0.2) is 11.1 Å². The predicted octanol–water partition coefficient (Wildman–Crippen LogP) is 6.00. The fourth-order valence-electron chi connectivity index (χ4n) is 3.29. The molecule has 0 aliphatic carbocycles. The van der Waals surface area contributed by atoms with Gasteiger partial charge in [-0.05, 0) is 53.6 Å². The van der Waals surface area contributed by atoms with Gasteiger partial charge in [-0.3, -0.25) is 0 Å². The summed E-state index contributed by atoms with van der Waals surface area (Å²) in [5.74, 6) is -0.833. The van der Waals surface area contributed by atoms with Gasteiger partial charge in [-0.25, -0.2) is 4.79 Å². The summed E-state index contributed by atoms with van der Waals surface area (Å²) >= 11 is 0. The second-order valence-corrected chi connectivity index (χ2v) is 6.33. The van der Waals surface area contributed by atoms with Gasteiger partial charge in [-0.15, -0.1) is 0 Å². The van der Waals surface area contributed by atoms with Gasteiger partial charge in [0.2, 0.25) is 0 Å². The Bertz CT molecular complexity index is 642. The van der Waals surface area contributed by atoms with E-state index < -0.39 is 5.97 Å². The molecule has 0 atom stereocenters. The van der Waals surface area contributed by atoms with Crippen molar-refractivity contribution in [1.82, 2.24) is 0 Å². The molecule has 0 spiro atoms. The van der Waals surface area contributed by atoms with E-state index in [-0.39, 0.29) is 0 Å². The molecule has 23 heavy (non-hydrogen) atoms. The molecule has 0 radical (unpaired) electrons. The van der Waals surface area contributed by atoms with Crippen molar-refractivity contribution < 1.29 is 9.90 Å². The van der Waals surface area contributed by atoms with Gasteiger partial charge in [0.1, 0.15) is 0 Å². The van der Waals surface area contributed by atoms with Crippen molar-refractivity contribution in [3.8, 4) is 0 Å². The number of aryl methyl sites for hydroxylation is 2. The number of carboxylic acids is 1. The molecule has 0 saturated carbocycles. The van der Waals surface area contributed by atoms with Crippen LogP contribution >= 0.6 is 0 Å². The van der Waals surface area contributed by atoms with Crippen LogP contribution in [0.25, 0.3) is 10.8 Å². The van der Waals surface area contributed by atoms with Crippen LogP contribution in [0.2, 0.25) is 0 Å². The molecule has 124 valence electrons. The zero-order valence-electron chi connectivity index (χ0n) is 14.4. The lowest BCUT2D eigenvalue weighted by atomic mass is 9.91. The summed E-state index contributed by atoms with van der Waals surface area (Å²) in [6.45, 7) is 4.42. The largest absolute Gasteiger partial charge is 0.478 e. The van der Waals surface area contributed by atoms with Gasteiger partial charge in [-0.1, -0.05) is 63.8 Å². The number of hydrogen-bond donors (Lipinski definition) is 1. The molecule has 0 aromatic heterocycles. The van der Waals surface area contributed by atoms with Crippen LogP contribution in [0.5, 0.6) is 0 Å². The van der Waals surface area contributed by atoms with Crippen molar-refractivity contribution in [2.24, 2.45) is 0 Å². The standard InChI is InChI=1S/C21H28O2/c1-3-5-7-10-16-12-9-13-18-19(21(22)23)15-14-17(20(16)18)11-8-6-4-2/h9,12-15H,3-8,10-11H2,1-2H3,(H,22,23). The minimum atomic E-state index is -0.833. The van der Waals surface area contributed by atoms with Crippen LogP contribution < -0.4 is 0 Å². The lowest BCUT2D eigenvalue weighted by molar-refractivity contribution is 0.0699. The van der Waals surface area contributed by atoms with E-state index in [0.29, 0.717) is 5.56 Å². The van der Waals surface area contributed by atoms with E-state index in [9.17, 15) is 9.90 Å². The number of carbonyl (C=O) groups is 1. The molecule has 2 rings (SSSR count). The van der Waals surface area contributed by atoms with Crippen LogP contribution in [-0.2, 0) is 12.8 Å². The Hall–Kier alpha value is -1.83. The van der Waals surface area contributed by atoms with Crippen molar-refractivity contribution in [3.05, 3.63) is 47.0 Å². The number of carboxylic acid groups (broad SMARTS) is 1. The maximum Gasteiger partial charge on any atom is 0.336 e. The molecule has 2 aromatic carbocycles. The third kappa shape index (κ3) is 4.34. The summed E-state index contributed by atoms with van der Waals surface area (Å²) in [5.41, 5.74) is 3.05. The lowest BCUT2D eigenvalue weighted by Crippen LogP contribution is -2.01. The maximum absolute atomic E-state index is 11.6. The van der Waals surface area contributed by atoms with Crippen molar-refractivity contribution in [2.45, 2.75) is 65.2 Å². The highest BCUT2D eigenvalue weighted by atomic mass is 16.4. The van der Waals surface area contributed by atoms with Crippen molar-refractivity contribution in [2.75, 3.05) is 0 Å². The molecule has 0 bridgehead atoms. The average molecular weight is 312 g/mol. The zero-order valence-corrected chi connectivity index (χ0v) is 14.4. The molecule has 0 aliphatic heterocycles. The molecule has 0 aliphatic rings. The fraction of sp³-hybridized carbons (Fsp3) is 0.476. The van der Waals surface area contributed by atoms with Gasteiger partial charge >= 0.3 is 5.97 Å². The maximum atomic E-state index is 11.6. The van der Waals surface area contributed by atoms with Crippen molar-refractivity contribution in [1.29, 1.82) is 0 Å². The van der Waals surface area contributed by atoms with Crippen molar-refractivity contribution in [3.63, 3.8) is 0 Å². The van der Waals surface area contributed by atoms with Gasteiger partial charge in [0.25, 0.3) is 0 Å². The first-order chi connectivity index (χ1) is 11.2. The number of unbranched alkanes of at least 4 members (excludes halogenated alkanes) is 4. The molecule has 2 aromatic rings. The molecule has 0 heterocycles. The molecule has 0 fully saturated rings. The highest BCUT2D eigenvalue weighted by Gasteiger charge is 2.13. The summed E-state index contributed by atoms with van der Waals surface area (Å²) in [5, 5.41) is 11.6. The summed E-state index contributed by atoms with van der Waals surface area (Å²) < 4.78 is 0. The van der Waals surface area contributed by atoms with E-state index >= 15 is 0 Å². The van der Waals surface area contributed by atoms with Crippen molar-refractivity contribution >= 4 is 16.7 Å². The smallest absolute Gasteiger partial charge is 0.336 e. The molecule has 1 N–H and O–H groups in total. The SMILES string of the molecule is CCCCCc1cccc2c(C(=O)O)ccc(CCCCC)c12. The first kappa shape index (κ1) is 17.5. The number of aromatic carboxylic acids is 1. The quantitative estimate of drug-likeness (QED) is 0.576. The Kier molecular flexibility index (Phi) is 6.64. The van der Waals surface area contributed by atoms with Gasteiger partial charge in [-0.2, -0.15) is 0 Å². The first-order valence-corrected chi connectivity index (χ1v) is 8.95.